The molecule has 3 aromatic carbocycles. The summed E-state index contributed by atoms with van der Waals surface area (Å²) in [4.78, 5) is 12.9. The molecule has 4 heteroatoms. The van der Waals surface area contributed by atoms with Gasteiger partial charge >= 0.3 is 0 Å². The van der Waals surface area contributed by atoms with Crippen LogP contribution >= 0.6 is 15.9 Å². The van der Waals surface area contributed by atoms with Gasteiger partial charge in [0.1, 0.15) is 5.75 Å². The third kappa shape index (κ3) is 4.61. The van der Waals surface area contributed by atoms with E-state index in [1.165, 1.54) is 0 Å². The van der Waals surface area contributed by atoms with Gasteiger partial charge in [-0.3, -0.25) is 4.79 Å². The average molecular weight is 408 g/mol. The third-order valence-electron chi connectivity index (χ3n) is 3.86. The summed E-state index contributed by atoms with van der Waals surface area (Å²) in [6, 6.07) is 24.7. The second kappa shape index (κ2) is 8.50. The van der Waals surface area contributed by atoms with Crippen molar-refractivity contribution in [2.45, 2.75) is 0 Å². The van der Waals surface area contributed by atoms with Crippen LogP contribution in [-0.4, -0.2) is 13.0 Å². The number of anilines is 1. The van der Waals surface area contributed by atoms with Gasteiger partial charge < -0.3 is 10.1 Å². The molecule has 130 valence electrons. The first-order valence-corrected chi connectivity index (χ1v) is 8.93. The Labute approximate surface area is 161 Å². The second-order valence-electron chi connectivity index (χ2n) is 5.66. The van der Waals surface area contributed by atoms with E-state index in [-0.39, 0.29) is 5.91 Å². The predicted octanol–water partition coefficient (Wildman–Crippen LogP) is 5.64. The van der Waals surface area contributed by atoms with Crippen LogP contribution in [0.4, 0.5) is 5.69 Å². The fourth-order valence-electron chi connectivity index (χ4n) is 2.50. The highest BCUT2D eigenvalue weighted by atomic mass is 79.9. The van der Waals surface area contributed by atoms with Gasteiger partial charge in [-0.05, 0) is 53.6 Å². The van der Waals surface area contributed by atoms with Gasteiger partial charge in [-0.15, -0.1) is 0 Å². The number of hydrogen-bond donors (Lipinski definition) is 1. The summed E-state index contributed by atoms with van der Waals surface area (Å²) in [5.41, 5.74) is 3.13. The molecule has 3 rings (SSSR count). The summed E-state index contributed by atoms with van der Waals surface area (Å²) < 4.78 is 6.16. The zero-order chi connectivity index (χ0) is 18.4. The highest BCUT2D eigenvalue weighted by molar-refractivity contribution is 9.10. The van der Waals surface area contributed by atoms with E-state index in [2.05, 4.69) is 21.2 Å². The molecule has 0 atom stereocenters. The lowest BCUT2D eigenvalue weighted by Crippen LogP contribution is -2.13. The second-order valence-corrected chi connectivity index (χ2v) is 6.57. The highest BCUT2D eigenvalue weighted by Gasteiger charge is 2.12. The van der Waals surface area contributed by atoms with Crippen molar-refractivity contribution in [1.29, 1.82) is 0 Å². The van der Waals surface area contributed by atoms with E-state index in [9.17, 15) is 4.79 Å². The molecule has 0 unspecified atom stereocenters. The third-order valence-corrected chi connectivity index (χ3v) is 4.39. The number of amides is 1. The Morgan fingerprint density at radius 2 is 1.58 bits per heavy atom. The van der Waals surface area contributed by atoms with Crippen LogP contribution in [0.15, 0.2) is 83.3 Å². The molecule has 0 saturated heterocycles. The quantitative estimate of drug-likeness (QED) is 0.439. The molecule has 0 spiro atoms. The minimum Gasteiger partial charge on any atom is -0.497 e. The van der Waals surface area contributed by atoms with Gasteiger partial charge in [0, 0.05) is 15.7 Å². The number of rotatable bonds is 5. The van der Waals surface area contributed by atoms with Crippen LogP contribution < -0.4 is 10.1 Å². The molecule has 0 bridgehead atoms. The van der Waals surface area contributed by atoms with E-state index in [1.54, 1.807) is 7.11 Å². The summed E-state index contributed by atoms with van der Waals surface area (Å²) >= 11 is 3.40. The van der Waals surface area contributed by atoms with Crippen LogP contribution in [0, 0.1) is 0 Å². The zero-order valence-electron chi connectivity index (χ0n) is 14.3. The van der Waals surface area contributed by atoms with Crippen molar-refractivity contribution in [3.05, 3.63) is 94.5 Å². The first kappa shape index (κ1) is 18.0. The number of ether oxygens (including phenoxy) is 1. The number of benzene rings is 3. The molecule has 1 amide bonds. The summed E-state index contributed by atoms with van der Waals surface area (Å²) in [7, 11) is 1.63. The molecule has 1 N–H and O–H groups in total. The van der Waals surface area contributed by atoms with Crippen molar-refractivity contribution in [2.24, 2.45) is 0 Å². The largest absolute Gasteiger partial charge is 0.497 e. The lowest BCUT2D eigenvalue weighted by atomic mass is 10.0. The molecule has 0 fully saturated rings. The molecule has 0 aliphatic carbocycles. The molecular weight excluding hydrogens is 390 g/mol. The van der Waals surface area contributed by atoms with E-state index in [1.807, 2.05) is 84.9 Å². The topological polar surface area (TPSA) is 38.3 Å². The molecule has 26 heavy (non-hydrogen) atoms. The van der Waals surface area contributed by atoms with Crippen LogP contribution in [0.2, 0.25) is 0 Å². The van der Waals surface area contributed by atoms with Crippen LogP contribution in [0.3, 0.4) is 0 Å². The number of halogens is 1. The fraction of sp³-hybridized carbons (Fsp3) is 0.0455. The summed E-state index contributed by atoms with van der Waals surface area (Å²) in [6.07, 6.45) is 1.88. The van der Waals surface area contributed by atoms with E-state index in [0.29, 0.717) is 5.57 Å². The Balaban J connectivity index is 1.93. The van der Waals surface area contributed by atoms with Gasteiger partial charge in [0.15, 0.2) is 0 Å². The standard InChI is InChI=1S/C22H18BrNO2/c1-26-20-13-7-16(8-14-20)15-21(17-5-3-2-4-6-17)22(25)24-19-11-9-18(23)10-12-19/h2-15H,1H3,(H,24,25)/b21-15+. The van der Waals surface area contributed by atoms with Gasteiger partial charge in [-0.1, -0.05) is 58.4 Å². The van der Waals surface area contributed by atoms with Crippen molar-refractivity contribution in [2.75, 3.05) is 12.4 Å². The van der Waals surface area contributed by atoms with Crippen LogP contribution in [0.1, 0.15) is 11.1 Å². The van der Waals surface area contributed by atoms with Gasteiger partial charge in [-0.25, -0.2) is 0 Å². The summed E-state index contributed by atoms with van der Waals surface area (Å²) in [5.74, 6) is 0.622. The Morgan fingerprint density at radius 1 is 0.923 bits per heavy atom. The minimum atomic E-state index is -0.158. The Kier molecular flexibility index (Phi) is 5.87. The molecular formula is C22H18BrNO2. The number of hydrogen-bond acceptors (Lipinski definition) is 2. The van der Waals surface area contributed by atoms with Crippen molar-refractivity contribution in [3.8, 4) is 5.75 Å². The van der Waals surface area contributed by atoms with Gasteiger partial charge in [0.05, 0.1) is 7.11 Å². The average Bonchev–Trinajstić information content (AvgIpc) is 2.69. The van der Waals surface area contributed by atoms with Gasteiger partial charge in [0.25, 0.3) is 5.91 Å². The van der Waals surface area contributed by atoms with E-state index in [0.717, 1.165) is 27.0 Å². The Bertz CT molecular complexity index is 901. The molecule has 0 aromatic heterocycles. The lowest BCUT2D eigenvalue weighted by Gasteiger charge is -2.10. The fourth-order valence-corrected chi connectivity index (χ4v) is 2.76. The van der Waals surface area contributed by atoms with Crippen molar-refractivity contribution in [1.82, 2.24) is 0 Å². The summed E-state index contributed by atoms with van der Waals surface area (Å²) in [6.45, 7) is 0. The van der Waals surface area contributed by atoms with Crippen LogP contribution in [0.25, 0.3) is 11.6 Å². The molecule has 0 heterocycles. The smallest absolute Gasteiger partial charge is 0.256 e. The molecule has 0 radical (unpaired) electrons. The van der Waals surface area contributed by atoms with Crippen molar-refractivity contribution >= 4 is 39.2 Å². The predicted molar refractivity (Wildman–Crippen MR) is 110 cm³/mol. The van der Waals surface area contributed by atoms with Crippen LogP contribution in [0.5, 0.6) is 5.75 Å². The monoisotopic (exact) mass is 407 g/mol. The molecule has 3 nitrogen and oxygen atoms in total. The maximum absolute atomic E-state index is 12.9. The van der Waals surface area contributed by atoms with E-state index in [4.69, 9.17) is 4.74 Å². The van der Waals surface area contributed by atoms with Crippen LogP contribution in [-0.2, 0) is 4.79 Å². The molecule has 0 saturated carbocycles. The highest BCUT2D eigenvalue weighted by Crippen LogP contribution is 2.22. The molecule has 0 aliphatic rings. The van der Waals surface area contributed by atoms with E-state index >= 15 is 0 Å². The van der Waals surface area contributed by atoms with Crippen molar-refractivity contribution in [3.63, 3.8) is 0 Å². The molecule has 3 aromatic rings. The molecule has 0 aliphatic heterocycles. The number of nitrogens with one attached hydrogen (secondary N) is 1. The number of carbonyl (C=O) groups excluding carboxylic acids is 1. The summed E-state index contributed by atoms with van der Waals surface area (Å²) in [5, 5.41) is 2.96. The number of carbonyl (C=O) groups is 1. The lowest BCUT2D eigenvalue weighted by molar-refractivity contribution is -0.111. The van der Waals surface area contributed by atoms with Gasteiger partial charge in [0.2, 0.25) is 0 Å². The minimum absolute atomic E-state index is 0.158. The number of methoxy groups -OCH3 is 1. The first-order valence-electron chi connectivity index (χ1n) is 8.14. The first-order chi connectivity index (χ1) is 12.7. The SMILES string of the molecule is COc1ccc(/C=C(/C(=O)Nc2ccc(Br)cc2)c2ccccc2)cc1. The zero-order valence-corrected chi connectivity index (χ0v) is 15.9. The Hall–Kier alpha value is -2.85. The normalized spacial score (nSPS) is 11.1. The van der Waals surface area contributed by atoms with Gasteiger partial charge in [-0.2, -0.15) is 0 Å². The van der Waals surface area contributed by atoms with Crippen molar-refractivity contribution < 1.29 is 9.53 Å². The van der Waals surface area contributed by atoms with E-state index < -0.39 is 0 Å². The Morgan fingerprint density at radius 3 is 2.19 bits per heavy atom. The maximum Gasteiger partial charge on any atom is 0.256 e. The maximum atomic E-state index is 12.9.